The van der Waals surface area contributed by atoms with Gasteiger partial charge >= 0.3 is 5.97 Å². The van der Waals surface area contributed by atoms with Gasteiger partial charge in [-0.25, -0.2) is 4.79 Å². The highest BCUT2D eigenvalue weighted by atomic mass is 35.5. The van der Waals surface area contributed by atoms with Gasteiger partial charge in [0.05, 0.1) is 0 Å². The number of carboxylic acids is 1. The van der Waals surface area contributed by atoms with Gasteiger partial charge < -0.3 is 13.9 Å². The molecule has 146 valence electrons. The van der Waals surface area contributed by atoms with E-state index in [1.165, 1.54) is 0 Å². The molecule has 0 aliphatic rings. The smallest absolute Gasteiger partial charge is 0.328 e. The molecule has 0 bridgehead atoms. The normalized spacial score (nSPS) is 13.1. The molecule has 6 nitrogen and oxygen atoms in total. The maximum absolute atomic E-state index is 10.8. The Bertz CT molecular complexity index is 869. The monoisotopic (exact) mass is 408 g/mol. The zero-order valence-corrected chi connectivity index (χ0v) is 18.2. The lowest BCUT2D eigenvalue weighted by Crippen LogP contribution is -2.40. The molecule has 0 aliphatic carbocycles. The van der Waals surface area contributed by atoms with Crippen LogP contribution in [0, 0.1) is 0 Å². The first kappa shape index (κ1) is 21.3. The number of allylic oxidation sites excluding steroid dienone is 1. The lowest BCUT2D eigenvalue weighted by Gasteiger charge is -2.35. The minimum atomic E-state index is -1.90. The molecule has 0 amide bonds. The fourth-order valence-corrected chi connectivity index (χ4v) is 3.37. The summed E-state index contributed by atoms with van der Waals surface area (Å²) in [4.78, 5) is 10.8. The van der Waals surface area contributed by atoms with E-state index in [-0.39, 0.29) is 11.6 Å². The number of halogens is 1. The van der Waals surface area contributed by atoms with Crippen LogP contribution in [-0.2, 0) is 15.8 Å². The quantitative estimate of drug-likeness (QED) is 0.508. The number of carbonyl (C=O) groups is 1. The Labute approximate surface area is 165 Å². The number of aromatic nitrogens is 2. The molecule has 0 radical (unpaired) electrons. The van der Waals surface area contributed by atoms with Gasteiger partial charge in [-0.3, -0.25) is 0 Å². The topological polar surface area (TPSA) is 85.5 Å². The molecule has 1 aromatic carbocycles. The van der Waals surface area contributed by atoms with E-state index < -0.39 is 14.3 Å². The van der Waals surface area contributed by atoms with Gasteiger partial charge in [0.25, 0.3) is 0 Å². The minimum absolute atomic E-state index is 0.0978. The van der Waals surface area contributed by atoms with Gasteiger partial charge in [0.1, 0.15) is 6.61 Å². The van der Waals surface area contributed by atoms with Crippen LogP contribution in [0.1, 0.15) is 39.1 Å². The molecule has 0 spiro atoms. The first-order valence-electron chi connectivity index (χ1n) is 8.58. The second-order valence-corrected chi connectivity index (χ2v) is 13.1. The molecule has 2 aromatic rings. The summed E-state index contributed by atoms with van der Waals surface area (Å²) in [5.74, 6) is -0.259. The van der Waals surface area contributed by atoms with Crippen LogP contribution in [0.4, 0.5) is 0 Å². The van der Waals surface area contributed by atoms with Gasteiger partial charge in [0.2, 0.25) is 11.8 Å². The van der Waals surface area contributed by atoms with Crippen LogP contribution in [0.3, 0.4) is 0 Å². The standard InChI is InChI=1S/C19H25ClN2O4Si/c1-12(9-17(23)24)14-8-7-13(10-15(14)20)18-22-21-16(26-18)11-25-27(5,6)19(2,3)4/h7-10H,11H2,1-6H3,(H,23,24)/b12-9+. The number of benzene rings is 1. The van der Waals surface area contributed by atoms with Crippen molar-refractivity contribution in [1.82, 2.24) is 10.2 Å². The average molecular weight is 409 g/mol. The SMILES string of the molecule is C/C(=C\C(=O)O)c1ccc(-c2nnc(CO[Si](C)(C)C(C)(C)C)o2)cc1Cl. The summed E-state index contributed by atoms with van der Waals surface area (Å²) in [6.45, 7) is 12.8. The van der Waals surface area contributed by atoms with Crippen molar-refractivity contribution in [1.29, 1.82) is 0 Å². The van der Waals surface area contributed by atoms with Gasteiger partial charge in [-0.05, 0) is 48.3 Å². The van der Waals surface area contributed by atoms with E-state index in [1.807, 2.05) is 0 Å². The van der Waals surface area contributed by atoms with E-state index in [0.29, 0.717) is 33.5 Å². The van der Waals surface area contributed by atoms with Crippen molar-refractivity contribution >= 4 is 31.5 Å². The van der Waals surface area contributed by atoms with Crippen molar-refractivity contribution in [2.24, 2.45) is 0 Å². The Morgan fingerprint density at radius 3 is 2.56 bits per heavy atom. The third kappa shape index (κ3) is 5.28. The Morgan fingerprint density at radius 1 is 1.33 bits per heavy atom. The van der Waals surface area contributed by atoms with E-state index >= 15 is 0 Å². The Kier molecular flexibility index (Phi) is 6.29. The first-order chi connectivity index (χ1) is 12.4. The van der Waals surface area contributed by atoms with Crippen molar-refractivity contribution in [2.75, 3.05) is 0 Å². The highest BCUT2D eigenvalue weighted by Gasteiger charge is 2.37. The molecule has 0 fully saturated rings. The van der Waals surface area contributed by atoms with E-state index in [9.17, 15) is 4.79 Å². The van der Waals surface area contributed by atoms with Crippen LogP contribution in [0.5, 0.6) is 0 Å². The average Bonchev–Trinajstić information content (AvgIpc) is 3.00. The number of hydrogen-bond acceptors (Lipinski definition) is 5. The Morgan fingerprint density at radius 2 is 2.00 bits per heavy atom. The number of rotatable bonds is 6. The predicted molar refractivity (Wildman–Crippen MR) is 108 cm³/mol. The summed E-state index contributed by atoms with van der Waals surface area (Å²) in [6, 6.07) is 5.19. The van der Waals surface area contributed by atoms with Crippen LogP contribution in [-0.4, -0.2) is 29.6 Å². The molecule has 1 heterocycles. The molecule has 0 aliphatic heterocycles. The number of hydrogen-bond donors (Lipinski definition) is 1. The van der Waals surface area contributed by atoms with Crippen LogP contribution in [0.25, 0.3) is 17.0 Å². The molecular weight excluding hydrogens is 384 g/mol. The molecule has 2 rings (SSSR count). The fourth-order valence-electron chi connectivity index (χ4n) is 2.12. The first-order valence-corrected chi connectivity index (χ1v) is 11.9. The molecule has 27 heavy (non-hydrogen) atoms. The van der Waals surface area contributed by atoms with Gasteiger partial charge in [0.15, 0.2) is 8.32 Å². The van der Waals surface area contributed by atoms with Crippen LogP contribution >= 0.6 is 11.6 Å². The zero-order valence-electron chi connectivity index (χ0n) is 16.5. The second-order valence-electron chi connectivity index (χ2n) is 7.91. The third-order valence-electron chi connectivity index (χ3n) is 4.81. The van der Waals surface area contributed by atoms with E-state index in [4.69, 9.17) is 25.6 Å². The summed E-state index contributed by atoms with van der Waals surface area (Å²) in [5, 5.41) is 17.5. The Hall–Kier alpha value is -1.96. The molecule has 1 aromatic heterocycles. The van der Waals surface area contributed by atoms with Crippen LogP contribution in [0.2, 0.25) is 23.2 Å². The highest BCUT2D eigenvalue weighted by molar-refractivity contribution is 6.74. The predicted octanol–water partition coefficient (Wildman–Crippen LogP) is 5.40. The largest absolute Gasteiger partial charge is 0.478 e. The van der Waals surface area contributed by atoms with E-state index in [0.717, 1.165) is 6.08 Å². The molecule has 1 N–H and O–H groups in total. The van der Waals surface area contributed by atoms with Gasteiger partial charge in [-0.2, -0.15) is 0 Å². The summed E-state index contributed by atoms with van der Waals surface area (Å²) in [6.07, 6.45) is 1.11. The van der Waals surface area contributed by atoms with Crippen LogP contribution < -0.4 is 0 Å². The third-order valence-corrected chi connectivity index (χ3v) is 9.60. The zero-order chi connectivity index (χ0) is 20.4. The summed E-state index contributed by atoms with van der Waals surface area (Å²) in [7, 11) is -1.90. The van der Waals surface area contributed by atoms with E-state index in [1.54, 1.807) is 25.1 Å². The number of aliphatic carboxylic acids is 1. The van der Waals surface area contributed by atoms with Crippen LogP contribution in [0.15, 0.2) is 28.7 Å². The lowest BCUT2D eigenvalue weighted by atomic mass is 10.0. The molecule has 0 unspecified atom stereocenters. The second kappa shape index (κ2) is 7.96. The maximum Gasteiger partial charge on any atom is 0.328 e. The van der Waals surface area contributed by atoms with Crippen molar-refractivity contribution in [3.05, 3.63) is 40.8 Å². The van der Waals surface area contributed by atoms with Gasteiger partial charge in [-0.15, -0.1) is 10.2 Å². The highest BCUT2D eigenvalue weighted by Crippen LogP contribution is 2.37. The molecule has 8 heteroatoms. The fraction of sp³-hybridized carbons (Fsp3) is 0.421. The summed E-state index contributed by atoms with van der Waals surface area (Å²) < 4.78 is 11.8. The number of carboxylic acid groups (broad SMARTS) is 1. The molecular formula is C19H25ClN2O4Si. The van der Waals surface area contributed by atoms with Crippen molar-refractivity contribution in [3.63, 3.8) is 0 Å². The molecule has 0 saturated carbocycles. The lowest BCUT2D eigenvalue weighted by molar-refractivity contribution is -0.131. The number of nitrogens with zero attached hydrogens (tertiary/aromatic N) is 2. The van der Waals surface area contributed by atoms with Gasteiger partial charge in [0, 0.05) is 16.7 Å². The molecule has 0 saturated heterocycles. The Balaban J connectivity index is 2.17. The molecule has 0 atom stereocenters. The van der Waals surface area contributed by atoms with Crippen molar-refractivity contribution in [3.8, 4) is 11.5 Å². The summed E-state index contributed by atoms with van der Waals surface area (Å²) >= 11 is 6.29. The van der Waals surface area contributed by atoms with Crippen molar-refractivity contribution < 1.29 is 18.7 Å². The van der Waals surface area contributed by atoms with E-state index in [2.05, 4.69) is 44.1 Å². The van der Waals surface area contributed by atoms with Gasteiger partial charge in [-0.1, -0.05) is 38.4 Å². The minimum Gasteiger partial charge on any atom is -0.478 e. The summed E-state index contributed by atoms with van der Waals surface area (Å²) in [5.41, 5.74) is 1.87. The van der Waals surface area contributed by atoms with Crippen molar-refractivity contribution in [2.45, 2.75) is 52.4 Å². The maximum atomic E-state index is 10.8.